The zero-order valence-corrected chi connectivity index (χ0v) is 53.4. The van der Waals surface area contributed by atoms with Gasteiger partial charge in [-0.2, -0.15) is 0 Å². The van der Waals surface area contributed by atoms with Crippen molar-refractivity contribution in [3.8, 4) is 39.1 Å². The minimum atomic E-state index is 0.0235. The molecule has 0 saturated carbocycles. The van der Waals surface area contributed by atoms with Crippen molar-refractivity contribution in [1.82, 2.24) is 4.57 Å². The molecule has 11 aromatic rings. The number of aryl methyl sites for hydroxylation is 4. The van der Waals surface area contributed by atoms with Crippen molar-refractivity contribution in [3.63, 3.8) is 0 Å². The summed E-state index contributed by atoms with van der Waals surface area (Å²) in [5, 5.41) is 2.49. The summed E-state index contributed by atoms with van der Waals surface area (Å²) in [4.78, 5) is 4.74. The lowest BCUT2D eigenvalue weighted by Gasteiger charge is -2.34. The Morgan fingerprint density at radius 1 is 0.307 bits per heavy atom. The quantitative estimate of drug-likeness (QED) is 0.0476. The molecule has 0 N–H and O–H groups in total. The van der Waals surface area contributed by atoms with Gasteiger partial charge in [-0.05, 0) is 205 Å². The smallest absolute Gasteiger partial charge is 0.0547 e. The van der Waals surface area contributed by atoms with Crippen molar-refractivity contribution in [1.29, 1.82) is 0 Å². The van der Waals surface area contributed by atoms with Crippen molar-refractivity contribution in [2.45, 2.75) is 163 Å². The summed E-state index contributed by atoms with van der Waals surface area (Å²) in [5.41, 5.74) is 26.9. The minimum absolute atomic E-state index is 0.0235. The standard InChI is InChI=1S/C85H91N3/c1-7-9-11-13-15-17-19-29-55-85(56-30-20-18-16-14-12-10-8-2)81-59-64(5)63(4)57-79(81)80-58-65(6)78(61-82(80)85)67-41-48-73(49-42-67)87(71-44-37-62(3)38-45-71)72-46-39-66(40-47-72)68-43-54-77-76-35-27-28-36-83(76)88(84(77)60-68)75-52-50-74(51-53-75)86(69-31-23-21-24-32-69)70-33-25-22-26-34-70/h21-28,31-54,57-61H,7-20,29-30,55-56H2,1-6H3. The van der Waals surface area contributed by atoms with Crippen LogP contribution in [0.4, 0.5) is 34.1 Å². The average Bonchev–Trinajstić information content (AvgIpc) is 1.73. The van der Waals surface area contributed by atoms with Crippen LogP contribution in [0.1, 0.15) is 163 Å². The van der Waals surface area contributed by atoms with Crippen molar-refractivity contribution >= 4 is 55.9 Å². The number of unbranched alkanes of at least 4 members (excludes halogenated alkanes) is 14. The second-order valence-electron chi connectivity index (χ2n) is 25.6. The zero-order valence-electron chi connectivity index (χ0n) is 53.4. The van der Waals surface area contributed by atoms with E-state index in [2.05, 4.69) is 280 Å². The molecule has 0 saturated heterocycles. The lowest BCUT2D eigenvalue weighted by molar-refractivity contribution is 0.397. The molecule has 1 aliphatic carbocycles. The Morgan fingerprint density at radius 3 is 1.26 bits per heavy atom. The Labute approximate surface area is 526 Å². The first-order chi connectivity index (χ1) is 43.2. The Morgan fingerprint density at radius 2 is 0.716 bits per heavy atom. The highest BCUT2D eigenvalue weighted by atomic mass is 15.1. The van der Waals surface area contributed by atoms with Gasteiger partial charge in [-0.3, -0.25) is 0 Å². The summed E-state index contributed by atoms with van der Waals surface area (Å²) >= 11 is 0. The molecule has 0 atom stereocenters. The lowest BCUT2D eigenvalue weighted by atomic mass is 9.69. The third-order valence-corrected chi connectivity index (χ3v) is 19.5. The van der Waals surface area contributed by atoms with E-state index >= 15 is 0 Å². The molecular weight excluding hydrogens is 1060 g/mol. The fraction of sp³-hybridized carbons (Fsp3) is 0.294. The van der Waals surface area contributed by atoms with Crippen LogP contribution in [0.2, 0.25) is 0 Å². The predicted molar refractivity (Wildman–Crippen MR) is 381 cm³/mol. The van der Waals surface area contributed by atoms with Gasteiger partial charge in [-0.15, -0.1) is 0 Å². The minimum Gasteiger partial charge on any atom is -0.311 e. The first kappa shape index (κ1) is 59.9. The molecule has 1 aromatic heterocycles. The summed E-state index contributed by atoms with van der Waals surface area (Å²) in [6.45, 7) is 13.8. The van der Waals surface area contributed by atoms with E-state index in [1.54, 1.807) is 11.1 Å². The molecule has 446 valence electrons. The van der Waals surface area contributed by atoms with E-state index in [-0.39, 0.29) is 5.41 Å². The molecule has 10 aromatic carbocycles. The molecule has 88 heavy (non-hydrogen) atoms. The molecule has 1 aliphatic rings. The topological polar surface area (TPSA) is 11.4 Å². The summed E-state index contributed by atoms with van der Waals surface area (Å²) < 4.78 is 2.43. The van der Waals surface area contributed by atoms with E-state index in [1.807, 2.05) is 0 Å². The number of nitrogens with zero attached hydrogens (tertiary/aromatic N) is 3. The fourth-order valence-corrected chi connectivity index (χ4v) is 14.5. The van der Waals surface area contributed by atoms with Gasteiger partial charge in [-0.25, -0.2) is 0 Å². The molecule has 0 bridgehead atoms. The van der Waals surface area contributed by atoms with Crippen molar-refractivity contribution in [2.75, 3.05) is 9.80 Å². The van der Waals surface area contributed by atoms with Crippen LogP contribution in [0.25, 0.3) is 60.9 Å². The van der Waals surface area contributed by atoms with Gasteiger partial charge in [0.1, 0.15) is 0 Å². The van der Waals surface area contributed by atoms with Crippen molar-refractivity contribution in [2.24, 2.45) is 0 Å². The van der Waals surface area contributed by atoms with E-state index in [0.29, 0.717) is 0 Å². The number of anilines is 6. The number of hydrogen-bond acceptors (Lipinski definition) is 2. The van der Waals surface area contributed by atoms with Crippen LogP contribution in [0.15, 0.2) is 224 Å². The number of fused-ring (bicyclic) bond motifs is 6. The Kier molecular flexibility index (Phi) is 18.9. The van der Waals surface area contributed by atoms with E-state index in [4.69, 9.17) is 0 Å². The molecule has 0 spiro atoms. The van der Waals surface area contributed by atoms with Crippen molar-refractivity contribution in [3.05, 3.63) is 258 Å². The SMILES string of the molecule is CCCCCCCCCCC1(CCCCCCCCCC)c2cc(C)c(C)cc2-c2cc(C)c(-c3ccc(N(c4ccc(C)cc4)c4ccc(-c5ccc6c7ccccc7n(-c7ccc(N(c8ccccc8)c8ccccc8)cc7)c6c5)cc4)cc3)cc21. The number of rotatable bonds is 27. The molecule has 0 aliphatic heterocycles. The Balaban J connectivity index is 0.852. The summed E-state index contributed by atoms with van der Waals surface area (Å²) in [6, 6.07) is 84.2. The highest BCUT2D eigenvalue weighted by Gasteiger charge is 2.43. The summed E-state index contributed by atoms with van der Waals surface area (Å²) in [6.07, 6.45) is 24.0. The molecule has 0 unspecified atom stereocenters. The van der Waals surface area contributed by atoms with Crippen LogP contribution in [-0.4, -0.2) is 4.57 Å². The van der Waals surface area contributed by atoms with Crippen LogP contribution in [0, 0.1) is 27.7 Å². The van der Waals surface area contributed by atoms with E-state index in [9.17, 15) is 0 Å². The maximum Gasteiger partial charge on any atom is 0.0547 e. The molecule has 3 heteroatoms. The first-order valence-electron chi connectivity index (χ1n) is 33.6. The number of aromatic nitrogens is 1. The van der Waals surface area contributed by atoms with Gasteiger partial charge in [-0.1, -0.05) is 243 Å². The molecule has 3 nitrogen and oxygen atoms in total. The lowest BCUT2D eigenvalue weighted by Crippen LogP contribution is -2.26. The highest BCUT2D eigenvalue weighted by molar-refractivity contribution is 6.10. The second-order valence-corrected chi connectivity index (χ2v) is 25.6. The Hall–Kier alpha value is -8.40. The fourth-order valence-electron chi connectivity index (χ4n) is 14.5. The maximum absolute atomic E-state index is 2.66. The third-order valence-electron chi connectivity index (χ3n) is 19.5. The number of hydrogen-bond donors (Lipinski definition) is 0. The van der Waals surface area contributed by atoms with E-state index < -0.39 is 0 Å². The van der Waals surface area contributed by atoms with Gasteiger partial charge in [0.25, 0.3) is 0 Å². The second kappa shape index (κ2) is 27.7. The van der Waals surface area contributed by atoms with Crippen LogP contribution in [-0.2, 0) is 5.41 Å². The number of para-hydroxylation sites is 3. The largest absolute Gasteiger partial charge is 0.311 e. The summed E-state index contributed by atoms with van der Waals surface area (Å²) in [7, 11) is 0. The van der Waals surface area contributed by atoms with Gasteiger partial charge >= 0.3 is 0 Å². The molecular formula is C85H91N3. The van der Waals surface area contributed by atoms with Gasteiger partial charge in [0, 0.05) is 56.0 Å². The first-order valence-corrected chi connectivity index (χ1v) is 33.6. The van der Waals surface area contributed by atoms with Crippen molar-refractivity contribution < 1.29 is 0 Å². The molecule has 0 amide bonds. The van der Waals surface area contributed by atoms with Crippen LogP contribution in [0.5, 0.6) is 0 Å². The van der Waals surface area contributed by atoms with Crippen LogP contribution in [0.3, 0.4) is 0 Å². The summed E-state index contributed by atoms with van der Waals surface area (Å²) in [5.74, 6) is 0. The highest BCUT2D eigenvalue weighted by Crippen LogP contribution is 2.56. The normalized spacial score (nSPS) is 12.4. The average molecular weight is 1150 g/mol. The van der Waals surface area contributed by atoms with Gasteiger partial charge in [0.2, 0.25) is 0 Å². The Bertz CT molecular complexity index is 4020. The predicted octanol–water partition coefficient (Wildman–Crippen LogP) is 25.6. The van der Waals surface area contributed by atoms with E-state index in [0.717, 1.165) is 39.8 Å². The monoisotopic (exact) mass is 1150 g/mol. The van der Waals surface area contributed by atoms with Gasteiger partial charge in [0.05, 0.1) is 11.0 Å². The zero-order chi connectivity index (χ0) is 60.4. The van der Waals surface area contributed by atoms with E-state index in [1.165, 1.54) is 193 Å². The van der Waals surface area contributed by atoms with Gasteiger partial charge < -0.3 is 14.4 Å². The third kappa shape index (κ3) is 12.7. The molecule has 0 radical (unpaired) electrons. The molecule has 0 fully saturated rings. The van der Waals surface area contributed by atoms with Crippen LogP contribution >= 0.6 is 0 Å². The molecule has 1 heterocycles. The molecule has 12 rings (SSSR count). The number of benzene rings is 10. The van der Waals surface area contributed by atoms with Gasteiger partial charge in [0.15, 0.2) is 0 Å². The maximum atomic E-state index is 2.66. The van der Waals surface area contributed by atoms with Crippen LogP contribution < -0.4 is 9.80 Å².